The summed E-state index contributed by atoms with van der Waals surface area (Å²) in [6.07, 6.45) is 0. The van der Waals surface area contributed by atoms with Crippen LogP contribution >= 0.6 is 0 Å². The number of ether oxygens (including phenoxy) is 1. The van der Waals surface area contributed by atoms with Gasteiger partial charge in [0.1, 0.15) is 0 Å². The SMILES string of the molecule is COC(=O)C#Cc1c(C)cc(C)cc1C. The van der Waals surface area contributed by atoms with Crippen molar-refractivity contribution in [2.75, 3.05) is 7.11 Å². The van der Waals surface area contributed by atoms with E-state index < -0.39 is 5.97 Å². The lowest BCUT2D eigenvalue weighted by Gasteiger charge is -2.04. The zero-order valence-electron chi connectivity index (χ0n) is 9.47. The molecule has 2 heteroatoms. The maximum absolute atomic E-state index is 10.9. The van der Waals surface area contributed by atoms with Crippen molar-refractivity contribution in [1.82, 2.24) is 0 Å². The van der Waals surface area contributed by atoms with Crippen LogP contribution in [0.25, 0.3) is 0 Å². The Bertz CT molecular complexity index is 424. The highest BCUT2D eigenvalue weighted by molar-refractivity contribution is 5.89. The predicted molar refractivity (Wildman–Crippen MR) is 59.5 cm³/mol. The van der Waals surface area contributed by atoms with Gasteiger partial charge in [-0.3, -0.25) is 0 Å². The monoisotopic (exact) mass is 202 g/mol. The maximum atomic E-state index is 10.9. The number of methoxy groups -OCH3 is 1. The number of carbonyl (C=O) groups excluding carboxylic acids is 1. The number of benzene rings is 1. The Hall–Kier alpha value is -1.75. The van der Waals surface area contributed by atoms with E-state index in [9.17, 15) is 4.79 Å². The molecule has 1 aromatic carbocycles. The highest BCUT2D eigenvalue weighted by Gasteiger charge is 2.01. The lowest BCUT2D eigenvalue weighted by molar-refractivity contribution is -0.133. The molecule has 0 radical (unpaired) electrons. The molecule has 0 bridgehead atoms. The van der Waals surface area contributed by atoms with Crippen LogP contribution in [0.3, 0.4) is 0 Å². The first-order valence-electron chi connectivity index (χ1n) is 4.72. The summed E-state index contributed by atoms with van der Waals surface area (Å²) in [6, 6.07) is 4.10. The Labute approximate surface area is 90.3 Å². The van der Waals surface area contributed by atoms with E-state index in [0.717, 1.165) is 16.7 Å². The van der Waals surface area contributed by atoms with Gasteiger partial charge in [0, 0.05) is 11.5 Å². The lowest BCUT2D eigenvalue weighted by atomic mass is 10.0. The molecule has 0 aromatic heterocycles. The van der Waals surface area contributed by atoms with Crippen molar-refractivity contribution in [1.29, 1.82) is 0 Å². The Morgan fingerprint density at radius 1 is 1.20 bits per heavy atom. The summed E-state index contributed by atoms with van der Waals surface area (Å²) in [7, 11) is 1.33. The zero-order chi connectivity index (χ0) is 11.4. The molecule has 0 saturated carbocycles. The largest absolute Gasteiger partial charge is 0.459 e. The second-order valence-corrected chi connectivity index (χ2v) is 3.52. The summed E-state index contributed by atoms with van der Waals surface area (Å²) >= 11 is 0. The summed E-state index contributed by atoms with van der Waals surface area (Å²) < 4.78 is 4.46. The minimum absolute atomic E-state index is 0.505. The van der Waals surface area contributed by atoms with E-state index in [2.05, 4.69) is 16.6 Å². The molecule has 1 aromatic rings. The molecule has 0 aliphatic rings. The fraction of sp³-hybridized carbons (Fsp3) is 0.308. The van der Waals surface area contributed by atoms with Gasteiger partial charge in [0.05, 0.1) is 7.11 Å². The summed E-state index contributed by atoms with van der Waals surface area (Å²) in [5.41, 5.74) is 4.28. The Morgan fingerprint density at radius 3 is 2.20 bits per heavy atom. The van der Waals surface area contributed by atoms with E-state index in [0.29, 0.717) is 0 Å². The minimum Gasteiger partial charge on any atom is -0.459 e. The molecular formula is C13H14O2. The molecule has 0 amide bonds. The van der Waals surface area contributed by atoms with E-state index in [1.807, 2.05) is 32.9 Å². The molecule has 15 heavy (non-hydrogen) atoms. The van der Waals surface area contributed by atoms with Crippen LogP contribution in [0.2, 0.25) is 0 Å². The van der Waals surface area contributed by atoms with E-state index in [4.69, 9.17) is 0 Å². The van der Waals surface area contributed by atoms with Crippen LogP contribution in [-0.4, -0.2) is 13.1 Å². The van der Waals surface area contributed by atoms with Crippen molar-refractivity contribution < 1.29 is 9.53 Å². The first-order valence-corrected chi connectivity index (χ1v) is 4.72. The molecule has 0 saturated heterocycles. The van der Waals surface area contributed by atoms with Gasteiger partial charge in [-0.1, -0.05) is 23.6 Å². The maximum Gasteiger partial charge on any atom is 0.384 e. The number of rotatable bonds is 0. The fourth-order valence-corrected chi connectivity index (χ4v) is 1.54. The number of esters is 1. The normalized spacial score (nSPS) is 9.07. The average molecular weight is 202 g/mol. The number of carbonyl (C=O) groups is 1. The standard InChI is InChI=1S/C13H14O2/c1-9-7-10(2)12(11(3)8-9)5-6-13(14)15-4/h7-8H,1-4H3. The number of hydrogen-bond acceptors (Lipinski definition) is 2. The molecule has 0 spiro atoms. The quantitative estimate of drug-likeness (QED) is 0.476. The molecule has 0 aliphatic carbocycles. The first-order chi connectivity index (χ1) is 7.04. The fourth-order valence-electron chi connectivity index (χ4n) is 1.54. The van der Waals surface area contributed by atoms with E-state index in [-0.39, 0.29) is 0 Å². The van der Waals surface area contributed by atoms with Crippen LogP contribution in [0.1, 0.15) is 22.3 Å². The van der Waals surface area contributed by atoms with Crippen LogP contribution in [0, 0.1) is 32.6 Å². The second-order valence-electron chi connectivity index (χ2n) is 3.52. The third-order valence-corrected chi connectivity index (χ3v) is 2.15. The predicted octanol–water partition coefficient (Wildman–Crippen LogP) is 2.14. The van der Waals surface area contributed by atoms with Crippen molar-refractivity contribution in [3.8, 4) is 11.8 Å². The first kappa shape index (κ1) is 11.3. The summed E-state index contributed by atoms with van der Waals surface area (Å²) in [6.45, 7) is 6.01. The molecular weight excluding hydrogens is 188 g/mol. The van der Waals surface area contributed by atoms with Crippen LogP contribution in [0.4, 0.5) is 0 Å². The Morgan fingerprint density at radius 2 is 1.73 bits per heavy atom. The van der Waals surface area contributed by atoms with Crippen LogP contribution in [-0.2, 0) is 9.53 Å². The minimum atomic E-state index is -0.505. The van der Waals surface area contributed by atoms with Crippen LogP contribution in [0.5, 0.6) is 0 Å². The van der Waals surface area contributed by atoms with E-state index in [1.165, 1.54) is 12.7 Å². The van der Waals surface area contributed by atoms with Crippen molar-refractivity contribution in [2.24, 2.45) is 0 Å². The molecule has 78 valence electrons. The Kier molecular flexibility index (Phi) is 3.51. The van der Waals surface area contributed by atoms with Crippen molar-refractivity contribution in [3.63, 3.8) is 0 Å². The molecule has 0 N–H and O–H groups in total. The third kappa shape index (κ3) is 2.85. The van der Waals surface area contributed by atoms with Gasteiger partial charge in [-0.25, -0.2) is 4.79 Å². The molecule has 0 heterocycles. The van der Waals surface area contributed by atoms with Crippen molar-refractivity contribution in [2.45, 2.75) is 20.8 Å². The van der Waals surface area contributed by atoms with Gasteiger partial charge in [0.15, 0.2) is 0 Å². The lowest BCUT2D eigenvalue weighted by Crippen LogP contribution is -1.96. The average Bonchev–Trinajstić information content (AvgIpc) is 2.15. The highest BCUT2D eigenvalue weighted by atomic mass is 16.5. The van der Waals surface area contributed by atoms with Gasteiger partial charge >= 0.3 is 5.97 Å². The molecule has 2 nitrogen and oxygen atoms in total. The van der Waals surface area contributed by atoms with Gasteiger partial charge < -0.3 is 4.74 Å². The molecule has 0 aliphatic heterocycles. The van der Waals surface area contributed by atoms with Gasteiger partial charge in [0.25, 0.3) is 0 Å². The summed E-state index contributed by atoms with van der Waals surface area (Å²) in [5, 5.41) is 0. The van der Waals surface area contributed by atoms with Crippen LogP contribution < -0.4 is 0 Å². The van der Waals surface area contributed by atoms with Gasteiger partial charge in [-0.05, 0) is 31.9 Å². The topological polar surface area (TPSA) is 26.3 Å². The van der Waals surface area contributed by atoms with E-state index in [1.54, 1.807) is 0 Å². The molecule has 0 unspecified atom stereocenters. The number of aryl methyl sites for hydroxylation is 3. The van der Waals surface area contributed by atoms with Gasteiger partial charge in [0.2, 0.25) is 0 Å². The zero-order valence-corrected chi connectivity index (χ0v) is 9.47. The second kappa shape index (κ2) is 4.65. The van der Waals surface area contributed by atoms with Crippen molar-refractivity contribution >= 4 is 5.97 Å². The highest BCUT2D eigenvalue weighted by Crippen LogP contribution is 2.14. The summed E-state index contributed by atoms with van der Waals surface area (Å²) in [5.74, 6) is 4.77. The number of hydrogen-bond donors (Lipinski definition) is 0. The molecule has 1 rings (SSSR count). The van der Waals surface area contributed by atoms with Crippen LogP contribution in [0.15, 0.2) is 12.1 Å². The van der Waals surface area contributed by atoms with E-state index >= 15 is 0 Å². The third-order valence-electron chi connectivity index (χ3n) is 2.15. The molecule has 0 fully saturated rings. The van der Waals surface area contributed by atoms with Crippen molar-refractivity contribution in [3.05, 3.63) is 34.4 Å². The smallest absolute Gasteiger partial charge is 0.384 e. The van der Waals surface area contributed by atoms with Gasteiger partial charge in [-0.2, -0.15) is 0 Å². The Balaban J connectivity index is 3.14. The van der Waals surface area contributed by atoms with Gasteiger partial charge in [-0.15, -0.1) is 0 Å². The molecule has 0 atom stereocenters. The summed E-state index contributed by atoms with van der Waals surface area (Å²) in [4.78, 5) is 10.9.